The quantitative estimate of drug-likeness (QED) is 0.461. The Balaban J connectivity index is 1.79. The predicted molar refractivity (Wildman–Crippen MR) is 99.4 cm³/mol. The van der Waals surface area contributed by atoms with Crippen molar-refractivity contribution in [3.05, 3.63) is 66.0 Å². The van der Waals surface area contributed by atoms with Gasteiger partial charge in [0, 0.05) is 35.8 Å². The molecule has 32 heavy (non-hydrogen) atoms. The second-order valence-corrected chi connectivity index (χ2v) is 6.56. The normalized spacial score (nSPS) is 13.3. The smallest absolute Gasteiger partial charge is 0.346 e. The van der Waals surface area contributed by atoms with Crippen LogP contribution in [0, 0.1) is 0 Å². The van der Waals surface area contributed by atoms with Crippen LogP contribution in [0.2, 0.25) is 0 Å². The molecule has 3 aromatic rings. The van der Waals surface area contributed by atoms with Crippen molar-refractivity contribution in [2.75, 3.05) is 0 Å². The zero-order valence-corrected chi connectivity index (χ0v) is 16.2. The predicted octanol–water partition coefficient (Wildman–Crippen LogP) is 4.12. The van der Waals surface area contributed by atoms with Gasteiger partial charge in [0.25, 0.3) is 0 Å². The number of alkyl halides is 6. The topological polar surface area (TPSA) is 85.6 Å². The summed E-state index contributed by atoms with van der Waals surface area (Å²) in [4.78, 5) is 23.4. The van der Waals surface area contributed by atoms with Crippen molar-refractivity contribution in [1.29, 1.82) is 0 Å². The molecule has 0 aliphatic heterocycles. The highest BCUT2D eigenvalue weighted by Gasteiger charge is 2.37. The van der Waals surface area contributed by atoms with E-state index in [-0.39, 0.29) is 11.9 Å². The molecule has 1 amide bonds. The number of aromatic nitrogens is 5. The van der Waals surface area contributed by atoms with Crippen LogP contribution >= 0.6 is 0 Å². The minimum absolute atomic E-state index is 0.0175. The average molecular weight is 456 g/mol. The SMILES string of the molecule is CC(NC(=O)/C=C\n1cnc(-c2cc(C(F)(F)F)cc(C(F)(F)F)c2)n1)c1cncnc1. The molecule has 0 aliphatic rings. The summed E-state index contributed by atoms with van der Waals surface area (Å²) in [6.07, 6.45) is -2.33. The Morgan fingerprint density at radius 3 is 2.19 bits per heavy atom. The Morgan fingerprint density at radius 1 is 1.03 bits per heavy atom. The first-order valence-electron chi connectivity index (χ1n) is 8.88. The fourth-order valence-electron chi connectivity index (χ4n) is 2.59. The minimum atomic E-state index is -4.99. The van der Waals surface area contributed by atoms with E-state index in [1.807, 2.05) is 0 Å². The van der Waals surface area contributed by atoms with Crippen LogP contribution in [0.5, 0.6) is 0 Å². The van der Waals surface area contributed by atoms with Gasteiger partial charge in [-0.15, -0.1) is 5.10 Å². The van der Waals surface area contributed by atoms with Crippen LogP contribution in [-0.4, -0.2) is 30.6 Å². The molecule has 168 valence electrons. The summed E-state index contributed by atoms with van der Waals surface area (Å²) < 4.78 is 79.1. The molecular weight excluding hydrogens is 442 g/mol. The molecule has 0 saturated heterocycles. The number of carbonyl (C=O) groups excluding carboxylic acids is 1. The van der Waals surface area contributed by atoms with E-state index in [1.54, 1.807) is 6.92 Å². The van der Waals surface area contributed by atoms with E-state index in [1.165, 1.54) is 18.7 Å². The van der Waals surface area contributed by atoms with Crippen LogP contribution in [-0.2, 0) is 17.1 Å². The summed E-state index contributed by atoms with van der Waals surface area (Å²) in [5.41, 5.74) is -2.77. The molecule has 2 heterocycles. The van der Waals surface area contributed by atoms with Crippen LogP contribution in [0.15, 0.2) is 49.3 Å². The standard InChI is InChI=1S/C19H14F6N6O/c1-11(13-7-26-9-27-8-13)29-16(32)2-3-31-10-28-17(30-31)12-4-14(18(20,21)22)6-15(5-12)19(23,24)25/h2-11H,1H3,(H,29,32)/b3-2-. The molecule has 1 aromatic carbocycles. The lowest BCUT2D eigenvalue weighted by molar-refractivity contribution is -0.143. The van der Waals surface area contributed by atoms with Gasteiger partial charge in [-0.05, 0) is 25.1 Å². The van der Waals surface area contributed by atoms with Gasteiger partial charge in [-0.25, -0.2) is 19.6 Å². The summed E-state index contributed by atoms with van der Waals surface area (Å²) in [7, 11) is 0. The van der Waals surface area contributed by atoms with E-state index < -0.39 is 41.0 Å². The summed E-state index contributed by atoms with van der Waals surface area (Å²) in [6.45, 7) is 1.70. The number of carbonyl (C=O) groups is 1. The minimum Gasteiger partial charge on any atom is -0.346 e. The monoisotopic (exact) mass is 456 g/mol. The molecule has 13 heteroatoms. The van der Waals surface area contributed by atoms with Crippen molar-refractivity contribution in [2.24, 2.45) is 0 Å². The molecule has 0 spiro atoms. The maximum absolute atomic E-state index is 13.0. The largest absolute Gasteiger partial charge is 0.416 e. The van der Waals surface area contributed by atoms with Gasteiger partial charge < -0.3 is 5.32 Å². The van der Waals surface area contributed by atoms with Crippen LogP contribution in [0.3, 0.4) is 0 Å². The Hall–Kier alpha value is -3.77. The van der Waals surface area contributed by atoms with E-state index in [9.17, 15) is 31.1 Å². The van der Waals surface area contributed by atoms with Crippen molar-refractivity contribution in [3.63, 3.8) is 0 Å². The highest BCUT2D eigenvalue weighted by Crippen LogP contribution is 2.38. The number of nitrogens with zero attached hydrogens (tertiary/aromatic N) is 5. The third-order valence-corrected chi connectivity index (χ3v) is 4.17. The third-order valence-electron chi connectivity index (χ3n) is 4.17. The molecule has 0 radical (unpaired) electrons. The Bertz CT molecular complexity index is 1090. The summed E-state index contributed by atoms with van der Waals surface area (Å²) in [5.74, 6) is -0.904. The van der Waals surface area contributed by atoms with Crippen LogP contribution < -0.4 is 5.32 Å². The Morgan fingerprint density at radius 2 is 1.62 bits per heavy atom. The highest BCUT2D eigenvalue weighted by atomic mass is 19.4. The van der Waals surface area contributed by atoms with Crippen LogP contribution in [0.1, 0.15) is 29.7 Å². The number of benzene rings is 1. The molecule has 2 aromatic heterocycles. The first-order chi connectivity index (χ1) is 14.9. The average Bonchev–Trinajstić information content (AvgIpc) is 3.20. The Kier molecular flexibility index (Phi) is 6.27. The molecule has 3 rings (SSSR count). The second kappa shape index (κ2) is 8.77. The van der Waals surface area contributed by atoms with Gasteiger partial charge in [-0.1, -0.05) is 0 Å². The van der Waals surface area contributed by atoms with Gasteiger partial charge in [-0.3, -0.25) is 4.79 Å². The van der Waals surface area contributed by atoms with Gasteiger partial charge in [-0.2, -0.15) is 26.3 Å². The molecular formula is C19H14F6N6O. The molecule has 0 fully saturated rings. The number of hydrogen-bond acceptors (Lipinski definition) is 5. The maximum Gasteiger partial charge on any atom is 0.416 e. The van der Waals surface area contributed by atoms with Crippen molar-refractivity contribution in [2.45, 2.75) is 25.3 Å². The highest BCUT2D eigenvalue weighted by molar-refractivity contribution is 5.90. The number of halogens is 6. The number of hydrogen-bond donors (Lipinski definition) is 1. The number of nitrogens with one attached hydrogen (secondary N) is 1. The molecule has 1 unspecified atom stereocenters. The van der Waals surface area contributed by atoms with Crippen LogP contribution in [0.4, 0.5) is 26.3 Å². The molecule has 1 N–H and O–H groups in total. The number of rotatable bonds is 5. The van der Waals surface area contributed by atoms with E-state index in [2.05, 4.69) is 25.4 Å². The fourth-order valence-corrected chi connectivity index (χ4v) is 2.59. The lowest BCUT2D eigenvalue weighted by atomic mass is 10.0. The van der Waals surface area contributed by atoms with Crippen molar-refractivity contribution < 1.29 is 31.1 Å². The van der Waals surface area contributed by atoms with Gasteiger partial charge in [0.2, 0.25) is 5.91 Å². The van der Waals surface area contributed by atoms with Crippen molar-refractivity contribution in [1.82, 2.24) is 30.0 Å². The summed E-state index contributed by atoms with van der Waals surface area (Å²) >= 11 is 0. The lowest BCUT2D eigenvalue weighted by Gasteiger charge is -2.13. The van der Waals surface area contributed by atoms with E-state index in [4.69, 9.17) is 0 Å². The second-order valence-electron chi connectivity index (χ2n) is 6.56. The summed E-state index contributed by atoms with van der Waals surface area (Å²) in [5, 5.41) is 6.46. The fraction of sp³-hybridized carbons (Fsp3) is 0.211. The molecule has 0 bridgehead atoms. The zero-order valence-electron chi connectivity index (χ0n) is 16.2. The molecule has 7 nitrogen and oxygen atoms in total. The third kappa shape index (κ3) is 5.68. The molecule has 0 saturated carbocycles. The van der Waals surface area contributed by atoms with E-state index in [0.29, 0.717) is 17.7 Å². The van der Waals surface area contributed by atoms with Gasteiger partial charge in [0.1, 0.15) is 12.7 Å². The lowest BCUT2D eigenvalue weighted by Crippen LogP contribution is -2.24. The van der Waals surface area contributed by atoms with Crippen molar-refractivity contribution in [3.8, 4) is 11.4 Å². The first-order valence-corrected chi connectivity index (χ1v) is 8.88. The van der Waals surface area contributed by atoms with Gasteiger partial charge in [0.15, 0.2) is 5.82 Å². The molecule has 1 atom stereocenters. The first kappa shape index (κ1) is 22.9. The van der Waals surface area contributed by atoms with E-state index in [0.717, 1.165) is 23.3 Å². The van der Waals surface area contributed by atoms with Gasteiger partial charge >= 0.3 is 12.4 Å². The number of amides is 1. The maximum atomic E-state index is 13.0. The van der Waals surface area contributed by atoms with Crippen molar-refractivity contribution >= 4 is 12.1 Å². The Labute approximate surface area is 176 Å². The summed E-state index contributed by atoms with van der Waals surface area (Å²) in [6, 6.07) is 0.652. The zero-order chi connectivity index (χ0) is 23.5. The molecule has 0 aliphatic carbocycles. The van der Waals surface area contributed by atoms with Gasteiger partial charge in [0.05, 0.1) is 17.2 Å². The van der Waals surface area contributed by atoms with E-state index >= 15 is 0 Å². The van der Waals surface area contributed by atoms with Crippen LogP contribution in [0.25, 0.3) is 17.6 Å².